The van der Waals surface area contributed by atoms with E-state index in [-0.39, 0.29) is 11.0 Å². The number of urea groups is 1. The van der Waals surface area contributed by atoms with Crippen molar-refractivity contribution >= 4 is 22.9 Å². The summed E-state index contributed by atoms with van der Waals surface area (Å²) in [7, 11) is 0. The summed E-state index contributed by atoms with van der Waals surface area (Å²) in [6, 6.07) is 7.09. The SMILES string of the molecule is CCN(CC)CCNC(=O)Nc1c(C#N)[n+]([O-])c2ccccc2[n+]1[O-]. The number of anilines is 1. The molecule has 0 unspecified atom stereocenters. The maximum atomic E-state index is 12.4. The van der Waals surface area contributed by atoms with E-state index in [4.69, 9.17) is 0 Å². The molecule has 2 N–H and O–H groups in total. The first-order valence-electron chi connectivity index (χ1n) is 7.98. The first-order valence-corrected chi connectivity index (χ1v) is 7.98. The number of rotatable bonds is 6. The molecule has 9 heteroatoms. The zero-order chi connectivity index (χ0) is 18.4. The molecule has 25 heavy (non-hydrogen) atoms. The molecule has 0 aliphatic heterocycles. The standard InChI is InChI=1S/C16H20N6O3/c1-3-20(4-2)10-9-18-16(23)19-15-14(11-17)21(24)12-7-5-6-8-13(12)22(15)25/h5-8H,3-4,9-10H2,1-2H3,(H2,18,19,23). The van der Waals surface area contributed by atoms with Crippen molar-refractivity contribution in [2.24, 2.45) is 0 Å². The van der Waals surface area contributed by atoms with Gasteiger partial charge in [0.25, 0.3) is 5.52 Å². The van der Waals surface area contributed by atoms with Gasteiger partial charge in [-0.2, -0.15) is 10.6 Å². The van der Waals surface area contributed by atoms with Gasteiger partial charge in [-0.1, -0.05) is 26.0 Å². The molecule has 0 aliphatic rings. The molecule has 0 aliphatic carbocycles. The van der Waals surface area contributed by atoms with Crippen LogP contribution in [0, 0.1) is 21.7 Å². The van der Waals surface area contributed by atoms with Crippen LogP contribution in [0.4, 0.5) is 10.6 Å². The minimum absolute atomic E-state index is 0.0570. The lowest BCUT2D eigenvalue weighted by Crippen LogP contribution is -2.46. The number of aromatic nitrogens is 2. The molecule has 0 radical (unpaired) electrons. The number of nitriles is 1. The van der Waals surface area contributed by atoms with E-state index in [0.29, 0.717) is 22.6 Å². The lowest BCUT2D eigenvalue weighted by molar-refractivity contribution is -0.620. The van der Waals surface area contributed by atoms with Gasteiger partial charge in [0, 0.05) is 19.2 Å². The number of carbonyl (C=O) groups excluding carboxylic acids is 1. The van der Waals surface area contributed by atoms with Gasteiger partial charge >= 0.3 is 17.5 Å². The molecule has 0 saturated heterocycles. The fraction of sp³-hybridized carbons (Fsp3) is 0.375. The summed E-state index contributed by atoms with van der Waals surface area (Å²) < 4.78 is 0.724. The second kappa shape index (κ2) is 8.12. The smallest absolute Gasteiger partial charge is 0.406 e. The van der Waals surface area contributed by atoms with Gasteiger partial charge in [-0.25, -0.2) is 9.52 Å². The van der Waals surface area contributed by atoms with Gasteiger partial charge in [-0.15, -0.1) is 4.73 Å². The molecule has 2 rings (SSSR count). The Morgan fingerprint density at radius 3 is 2.36 bits per heavy atom. The summed E-state index contributed by atoms with van der Waals surface area (Å²) in [6.07, 6.45) is 0. The van der Waals surface area contributed by atoms with Crippen molar-refractivity contribution in [1.29, 1.82) is 5.26 Å². The van der Waals surface area contributed by atoms with Crippen molar-refractivity contribution in [2.75, 3.05) is 31.5 Å². The first kappa shape index (κ1) is 18.2. The third-order valence-corrected chi connectivity index (χ3v) is 3.90. The van der Waals surface area contributed by atoms with Crippen LogP contribution in [-0.2, 0) is 0 Å². The van der Waals surface area contributed by atoms with E-state index in [1.54, 1.807) is 18.2 Å². The van der Waals surface area contributed by atoms with Crippen LogP contribution in [0.3, 0.4) is 0 Å². The van der Waals surface area contributed by atoms with Crippen LogP contribution < -0.4 is 20.1 Å². The molecule has 2 aromatic rings. The van der Waals surface area contributed by atoms with Crippen LogP contribution in [0.2, 0.25) is 0 Å². The molecule has 0 fully saturated rings. The first-order chi connectivity index (χ1) is 12.0. The normalized spacial score (nSPS) is 10.6. The van der Waals surface area contributed by atoms with Crippen LogP contribution in [0.1, 0.15) is 19.5 Å². The van der Waals surface area contributed by atoms with Crippen molar-refractivity contribution < 1.29 is 14.3 Å². The van der Waals surface area contributed by atoms with E-state index in [1.165, 1.54) is 12.1 Å². The Kier molecular flexibility index (Phi) is 5.92. The molecule has 0 saturated carbocycles. The zero-order valence-electron chi connectivity index (χ0n) is 14.2. The Labute approximate surface area is 145 Å². The molecular formula is C16H20N6O3. The van der Waals surface area contributed by atoms with E-state index < -0.39 is 17.5 Å². The highest BCUT2D eigenvalue weighted by atomic mass is 16.5. The van der Waals surface area contributed by atoms with Gasteiger partial charge in [0.15, 0.2) is 6.07 Å². The molecule has 9 nitrogen and oxygen atoms in total. The number of benzene rings is 1. The van der Waals surface area contributed by atoms with Crippen molar-refractivity contribution in [3.8, 4) is 6.07 Å². The summed E-state index contributed by atoms with van der Waals surface area (Å²) in [5.74, 6) is -0.392. The molecule has 0 atom stereocenters. The van der Waals surface area contributed by atoms with Crippen molar-refractivity contribution in [3.05, 3.63) is 40.4 Å². The average Bonchev–Trinajstić information content (AvgIpc) is 2.63. The highest BCUT2D eigenvalue weighted by Gasteiger charge is 2.28. The molecule has 1 aromatic heterocycles. The van der Waals surface area contributed by atoms with Crippen molar-refractivity contribution in [2.45, 2.75) is 13.8 Å². The Balaban J connectivity index is 2.22. The van der Waals surface area contributed by atoms with Crippen LogP contribution in [0.15, 0.2) is 24.3 Å². The molecule has 1 aromatic carbocycles. The fourth-order valence-corrected chi connectivity index (χ4v) is 2.47. The number of hydrogen-bond donors (Lipinski definition) is 2. The molecule has 2 amide bonds. The van der Waals surface area contributed by atoms with E-state index >= 15 is 0 Å². The highest BCUT2D eigenvalue weighted by Crippen LogP contribution is 2.12. The second-order valence-electron chi connectivity index (χ2n) is 5.29. The van der Waals surface area contributed by atoms with E-state index in [2.05, 4.69) is 15.5 Å². The Hall–Kier alpha value is -3.12. The molecule has 132 valence electrons. The lowest BCUT2D eigenvalue weighted by Gasteiger charge is -2.17. The maximum absolute atomic E-state index is 12.4. The number of carbonyl (C=O) groups is 1. The monoisotopic (exact) mass is 344 g/mol. The molecule has 0 bridgehead atoms. The summed E-state index contributed by atoms with van der Waals surface area (Å²) in [5, 5.41) is 38.8. The molecule has 1 heterocycles. The van der Waals surface area contributed by atoms with Crippen molar-refractivity contribution in [3.63, 3.8) is 0 Å². The van der Waals surface area contributed by atoms with Gasteiger partial charge in [0.05, 0.1) is 0 Å². The summed E-state index contributed by atoms with van der Waals surface area (Å²) in [4.78, 5) is 14.1. The maximum Gasteiger partial charge on any atom is 0.406 e. The van der Waals surface area contributed by atoms with Crippen molar-refractivity contribution in [1.82, 2.24) is 10.2 Å². The van der Waals surface area contributed by atoms with Gasteiger partial charge in [0.1, 0.15) is 0 Å². The number of nitrogens with zero attached hydrogens (tertiary/aromatic N) is 4. The van der Waals surface area contributed by atoms with Crippen LogP contribution in [-0.4, -0.2) is 37.1 Å². The summed E-state index contributed by atoms with van der Waals surface area (Å²) >= 11 is 0. The molecular weight excluding hydrogens is 324 g/mol. The third-order valence-electron chi connectivity index (χ3n) is 3.90. The quantitative estimate of drug-likeness (QED) is 0.582. The topological polar surface area (TPSA) is 122 Å². The van der Waals surface area contributed by atoms with Crippen LogP contribution in [0.5, 0.6) is 0 Å². The highest BCUT2D eigenvalue weighted by molar-refractivity contribution is 5.88. The number of hydrogen-bond acceptors (Lipinski definition) is 5. The minimum Gasteiger partial charge on any atom is -0.710 e. The largest absolute Gasteiger partial charge is 0.710 e. The fourth-order valence-electron chi connectivity index (χ4n) is 2.47. The predicted octanol–water partition coefficient (Wildman–Crippen LogP) is 0.442. The number of likely N-dealkylation sites (N-methyl/N-ethyl adjacent to an activating group) is 1. The number of nitrogens with one attached hydrogen (secondary N) is 2. The second-order valence-corrected chi connectivity index (χ2v) is 5.29. The van der Waals surface area contributed by atoms with Gasteiger partial charge in [-0.05, 0) is 19.2 Å². The van der Waals surface area contributed by atoms with Crippen LogP contribution in [0.25, 0.3) is 11.0 Å². The summed E-state index contributed by atoms with van der Waals surface area (Å²) in [6.45, 7) is 6.79. The van der Waals surface area contributed by atoms with Gasteiger partial charge in [0.2, 0.25) is 5.52 Å². The van der Waals surface area contributed by atoms with Crippen LogP contribution >= 0.6 is 0 Å². The van der Waals surface area contributed by atoms with E-state index in [1.807, 2.05) is 13.8 Å². The Bertz CT molecular complexity index is 814. The zero-order valence-corrected chi connectivity index (χ0v) is 14.2. The average molecular weight is 344 g/mol. The number of para-hydroxylation sites is 2. The van der Waals surface area contributed by atoms with Gasteiger partial charge in [-0.3, -0.25) is 0 Å². The number of amides is 2. The number of fused-ring (bicyclic) bond motifs is 1. The van der Waals surface area contributed by atoms with Gasteiger partial charge < -0.3 is 20.6 Å². The molecule has 0 spiro atoms. The third kappa shape index (κ3) is 3.87. The predicted molar refractivity (Wildman–Crippen MR) is 91.4 cm³/mol. The van der Waals surface area contributed by atoms with E-state index in [9.17, 15) is 20.5 Å². The lowest BCUT2D eigenvalue weighted by atomic mass is 10.3. The minimum atomic E-state index is -0.650. The Morgan fingerprint density at radius 2 is 1.80 bits per heavy atom. The Morgan fingerprint density at radius 1 is 1.20 bits per heavy atom. The summed E-state index contributed by atoms with van der Waals surface area (Å²) in [5.41, 5.74) is -0.343. The van der Waals surface area contributed by atoms with E-state index in [0.717, 1.165) is 13.1 Å².